The molecule has 0 saturated carbocycles. The third-order valence-electron chi connectivity index (χ3n) is 5.23. The van der Waals surface area contributed by atoms with Gasteiger partial charge in [0.2, 0.25) is 5.91 Å². The smallest absolute Gasteiger partial charge is 0.408 e. The van der Waals surface area contributed by atoms with E-state index in [1.807, 2.05) is 6.92 Å². The molecule has 0 rings (SSSR count). The number of allylic oxidation sites excluding steroid dienone is 5. The summed E-state index contributed by atoms with van der Waals surface area (Å²) < 4.78 is 5.14. The maximum Gasteiger partial charge on any atom is 0.408 e. The van der Waals surface area contributed by atoms with Gasteiger partial charge in [-0.15, -0.1) is 0 Å². The molecule has 10 heteroatoms. The van der Waals surface area contributed by atoms with E-state index >= 15 is 0 Å². The monoisotopic (exact) mass is 554 g/mol. The Kier molecular flexibility index (Phi) is 17.2. The van der Waals surface area contributed by atoms with Crippen LogP contribution in [0.4, 0.5) is 4.79 Å². The Labute approximate surface area is 231 Å². The topological polar surface area (TPSA) is 142 Å². The number of ether oxygens (including phenoxy) is 1. The van der Waals surface area contributed by atoms with E-state index in [2.05, 4.69) is 49.6 Å². The Morgan fingerprint density at radius 3 is 1.95 bits per heavy atom. The lowest BCUT2D eigenvalue weighted by molar-refractivity contribution is -0.142. The molecule has 38 heavy (non-hydrogen) atoms. The molecule has 0 fully saturated rings. The van der Waals surface area contributed by atoms with Crippen LogP contribution < -0.4 is 10.6 Å². The quantitative estimate of drug-likeness (QED) is 0.137. The fourth-order valence-electron chi connectivity index (χ4n) is 3.16. The average molecular weight is 555 g/mol. The van der Waals surface area contributed by atoms with Gasteiger partial charge >= 0.3 is 18.0 Å². The Balaban J connectivity index is 4.83. The molecule has 0 aromatic rings. The van der Waals surface area contributed by atoms with E-state index in [0.29, 0.717) is 5.75 Å². The highest BCUT2D eigenvalue weighted by atomic mass is 32.2. The van der Waals surface area contributed by atoms with Crippen LogP contribution in [0.1, 0.15) is 87.0 Å². The number of hydrogen-bond donors (Lipinski definition) is 4. The number of hydrogen-bond acceptors (Lipinski definition) is 6. The second kappa shape index (κ2) is 18.5. The molecule has 0 spiro atoms. The molecule has 9 nitrogen and oxygen atoms in total. The zero-order valence-corrected chi connectivity index (χ0v) is 24.7. The largest absolute Gasteiger partial charge is 0.481 e. The van der Waals surface area contributed by atoms with Crippen LogP contribution >= 0.6 is 11.8 Å². The molecule has 0 aromatic heterocycles. The Morgan fingerprint density at radius 1 is 0.842 bits per heavy atom. The Bertz CT molecular complexity index is 884. The van der Waals surface area contributed by atoms with Crippen molar-refractivity contribution in [1.29, 1.82) is 0 Å². The van der Waals surface area contributed by atoms with E-state index < -0.39 is 41.6 Å². The van der Waals surface area contributed by atoms with E-state index in [-0.39, 0.29) is 18.6 Å². The Hall–Kier alpha value is -2.75. The van der Waals surface area contributed by atoms with Crippen molar-refractivity contribution in [1.82, 2.24) is 10.6 Å². The van der Waals surface area contributed by atoms with Crippen molar-refractivity contribution in [3.05, 3.63) is 34.9 Å². The molecular formula is C28H46N2O7S. The van der Waals surface area contributed by atoms with E-state index in [1.165, 1.54) is 28.5 Å². The molecule has 4 N–H and O–H groups in total. The van der Waals surface area contributed by atoms with Gasteiger partial charge in [-0.05, 0) is 80.6 Å². The molecular weight excluding hydrogens is 508 g/mol. The summed E-state index contributed by atoms with van der Waals surface area (Å²) in [7, 11) is 0. The number of rotatable bonds is 17. The van der Waals surface area contributed by atoms with Crippen LogP contribution in [-0.2, 0) is 19.1 Å². The molecule has 0 saturated heterocycles. The lowest BCUT2D eigenvalue weighted by atomic mass is 10.1. The summed E-state index contributed by atoms with van der Waals surface area (Å²) >= 11 is 1.37. The third kappa shape index (κ3) is 19.4. The van der Waals surface area contributed by atoms with Crippen molar-refractivity contribution in [2.45, 2.75) is 105 Å². The maximum absolute atomic E-state index is 12.7. The molecule has 0 radical (unpaired) electrons. The minimum Gasteiger partial charge on any atom is -0.481 e. The van der Waals surface area contributed by atoms with Gasteiger partial charge < -0.3 is 25.6 Å². The summed E-state index contributed by atoms with van der Waals surface area (Å²) in [5, 5.41) is 23.3. The van der Waals surface area contributed by atoms with Gasteiger partial charge in [0.05, 0.1) is 0 Å². The highest BCUT2D eigenvalue weighted by Gasteiger charge is 2.28. The lowest BCUT2D eigenvalue weighted by Gasteiger charge is -2.24. The fourth-order valence-corrected chi connectivity index (χ4v) is 4.16. The highest BCUT2D eigenvalue weighted by molar-refractivity contribution is 7.99. The number of carbonyl (C=O) groups is 4. The summed E-state index contributed by atoms with van der Waals surface area (Å²) in [4.78, 5) is 47.5. The number of alkyl carbamates (subject to hydrolysis) is 1. The predicted molar refractivity (Wildman–Crippen MR) is 152 cm³/mol. The van der Waals surface area contributed by atoms with Gasteiger partial charge in [0.1, 0.15) is 17.7 Å². The minimum absolute atomic E-state index is 0.117. The average Bonchev–Trinajstić information content (AvgIpc) is 2.76. The van der Waals surface area contributed by atoms with Crippen LogP contribution in [0, 0.1) is 0 Å². The van der Waals surface area contributed by atoms with Crippen molar-refractivity contribution in [3.8, 4) is 0 Å². The zero-order valence-electron chi connectivity index (χ0n) is 23.9. The summed E-state index contributed by atoms with van der Waals surface area (Å²) in [5.41, 5.74) is 3.09. The molecule has 0 heterocycles. The second-order valence-corrected chi connectivity index (χ2v) is 11.6. The first-order chi connectivity index (χ1) is 17.6. The summed E-state index contributed by atoms with van der Waals surface area (Å²) in [6, 6.07) is -2.44. The standard InChI is InChI=1S/C28H46N2O7S/c1-19(2)10-8-11-20(3)12-9-13-21(4)16-17-38-18-23(26(34)35)29-25(33)22(14-15-24(31)32)30-27(36)37-28(5,6)7/h10,12,16,22-23H,8-9,11,13-15,17-18H2,1-7H3,(H,29,33)(H,30,36)(H,31,32)(H,34,35)/b20-12+,21-16+/t22?,23-/m0/s1. The molecule has 216 valence electrons. The molecule has 0 bridgehead atoms. The van der Waals surface area contributed by atoms with E-state index in [0.717, 1.165) is 25.7 Å². The fraction of sp³-hybridized carbons (Fsp3) is 0.643. The van der Waals surface area contributed by atoms with Crippen LogP contribution in [0.25, 0.3) is 0 Å². The van der Waals surface area contributed by atoms with Gasteiger partial charge in [0, 0.05) is 17.9 Å². The normalized spacial score (nSPS) is 13.8. The number of amides is 2. The first kappa shape index (κ1) is 35.2. The first-order valence-corrected chi connectivity index (χ1v) is 14.0. The van der Waals surface area contributed by atoms with Gasteiger partial charge in [-0.2, -0.15) is 11.8 Å². The van der Waals surface area contributed by atoms with E-state index in [4.69, 9.17) is 9.84 Å². The Morgan fingerprint density at radius 2 is 1.42 bits per heavy atom. The summed E-state index contributed by atoms with van der Waals surface area (Å²) in [6.45, 7) is 13.3. The third-order valence-corrected chi connectivity index (χ3v) is 6.20. The first-order valence-electron chi connectivity index (χ1n) is 12.9. The number of nitrogens with one attached hydrogen (secondary N) is 2. The molecule has 0 aliphatic rings. The van der Waals surface area contributed by atoms with Crippen molar-refractivity contribution < 1.29 is 34.1 Å². The second-order valence-electron chi connectivity index (χ2n) is 10.5. The van der Waals surface area contributed by atoms with Crippen LogP contribution in [0.5, 0.6) is 0 Å². The molecule has 1 unspecified atom stereocenters. The number of carboxylic acid groups (broad SMARTS) is 2. The predicted octanol–water partition coefficient (Wildman–Crippen LogP) is 5.47. The number of carbonyl (C=O) groups excluding carboxylic acids is 2. The number of thioether (sulfide) groups is 1. The van der Waals surface area contributed by atoms with Crippen molar-refractivity contribution >= 4 is 35.7 Å². The van der Waals surface area contributed by atoms with Crippen LogP contribution in [0.15, 0.2) is 34.9 Å². The number of carboxylic acids is 2. The minimum atomic E-state index is -1.24. The molecule has 0 aromatic carbocycles. The molecule has 0 aliphatic heterocycles. The highest BCUT2D eigenvalue weighted by Crippen LogP contribution is 2.13. The van der Waals surface area contributed by atoms with E-state index in [1.54, 1.807) is 20.8 Å². The summed E-state index contributed by atoms with van der Waals surface area (Å²) in [6.07, 6.45) is 9.04. The van der Waals surface area contributed by atoms with Gasteiger partial charge in [-0.25, -0.2) is 9.59 Å². The van der Waals surface area contributed by atoms with E-state index in [9.17, 15) is 24.3 Å². The number of aliphatic carboxylic acids is 2. The van der Waals surface area contributed by atoms with Crippen molar-refractivity contribution in [2.24, 2.45) is 0 Å². The van der Waals surface area contributed by atoms with Gasteiger partial charge in [0.25, 0.3) is 0 Å². The van der Waals surface area contributed by atoms with Gasteiger partial charge in [0.15, 0.2) is 0 Å². The van der Waals surface area contributed by atoms with Crippen LogP contribution in [0.2, 0.25) is 0 Å². The summed E-state index contributed by atoms with van der Waals surface area (Å²) in [5.74, 6) is -2.42. The van der Waals surface area contributed by atoms with Crippen LogP contribution in [-0.4, -0.2) is 63.3 Å². The van der Waals surface area contributed by atoms with Crippen LogP contribution in [0.3, 0.4) is 0 Å². The lowest BCUT2D eigenvalue weighted by Crippen LogP contribution is -2.53. The molecule has 2 atom stereocenters. The van der Waals surface area contributed by atoms with Gasteiger partial charge in [-0.1, -0.05) is 34.9 Å². The zero-order chi connectivity index (χ0) is 29.3. The maximum atomic E-state index is 12.7. The van der Waals surface area contributed by atoms with Crippen molar-refractivity contribution in [3.63, 3.8) is 0 Å². The molecule has 2 amide bonds. The SMILES string of the molecule is CC(C)=CCC/C(C)=C/CC/C(C)=C/CSC[C@H](NC(=O)C(CCC(=O)O)NC(=O)OC(C)(C)C)C(=O)O. The van der Waals surface area contributed by atoms with Gasteiger partial charge in [-0.3, -0.25) is 9.59 Å². The molecule has 0 aliphatic carbocycles. The van der Waals surface area contributed by atoms with Crippen molar-refractivity contribution in [2.75, 3.05) is 11.5 Å².